The number of amides is 1. The highest BCUT2D eigenvalue weighted by Crippen LogP contribution is 2.28. The summed E-state index contributed by atoms with van der Waals surface area (Å²) in [5, 5.41) is 6.52. The zero-order valence-corrected chi connectivity index (χ0v) is 13.6. The van der Waals surface area contributed by atoms with Crippen molar-refractivity contribution in [2.45, 2.75) is 63.5 Å². The summed E-state index contributed by atoms with van der Waals surface area (Å²) in [4.78, 5) is 12.5. The summed E-state index contributed by atoms with van der Waals surface area (Å²) in [6.45, 7) is 3.99. The second kappa shape index (κ2) is 8.20. The number of piperidine rings is 1. The van der Waals surface area contributed by atoms with E-state index >= 15 is 0 Å². The molecule has 0 unspecified atom stereocenters. The Labute approximate surface area is 128 Å². The van der Waals surface area contributed by atoms with Gasteiger partial charge in [0.25, 0.3) is 5.91 Å². The molecule has 0 radical (unpaired) electrons. The molecule has 0 aromatic carbocycles. The van der Waals surface area contributed by atoms with Crippen LogP contribution in [0.4, 0.5) is 0 Å². The lowest BCUT2D eigenvalue weighted by Crippen LogP contribution is -2.56. The summed E-state index contributed by atoms with van der Waals surface area (Å²) in [7, 11) is 1.67. The van der Waals surface area contributed by atoms with Crippen molar-refractivity contribution in [1.29, 1.82) is 0 Å². The summed E-state index contributed by atoms with van der Waals surface area (Å²) < 4.78 is 5.57. The number of nitrogens with one attached hydrogen (secondary N) is 2. The number of halogens is 1. The summed E-state index contributed by atoms with van der Waals surface area (Å²) in [5.74, 6) is 0.972. The molecule has 0 aromatic rings. The standard InChI is InChI=1S/C15H28N2O2.ClH/c1-3-12-4-6-13(7-5-12)17-14(18)15(19-2)8-10-16-11-9-15;/h12-13,16H,3-11H2,1-2H3,(H,17,18);1H. The van der Waals surface area contributed by atoms with Crippen LogP contribution in [0.5, 0.6) is 0 Å². The number of hydrogen-bond acceptors (Lipinski definition) is 3. The minimum absolute atomic E-state index is 0. The lowest BCUT2D eigenvalue weighted by atomic mass is 9.83. The highest BCUT2D eigenvalue weighted by molar-refractivity contribution is 5.86. The maximum atomic E-state index is 12.5. The molecule has 2 fully saturated rings. The van der Waals surface area contributed by atoms with Crippen LogP contribution >= 0.6 is 12.4 Å². The molecular formula is C15H29ClN2O2. The molecule has 1 saturated heterocycles. The maximum Gasteiger partial charge on any atom is 0.252 e. The quantitative estimate of drug-likeness (QED) is 0.837. The highest BCUT2D eigenvalue weighted by atomic mass is 35.5. The SMILES string of the molecule is CCC1CCC(NC(=O)C2(OC)CCNCC2)CC1.Cl. The van der Waals surface area contributed by atoms with E-state index in [1.165, 1.54) is 19.3 Å². The first-order valence-corrected chi connectivity index (χ1v) is 7.77. The molecule has 0 aromatic heterocycles. The molecule has 1 aliphatic heterocycles. The predicted molar refractivity (Wildman–Crippen MR) is 83.3 cm³/mol. The number of ether oxygens (including phenoxy) is 1. The fraction of sp³-hybridized carbons (Fsp3) is 0.933. The largest absolute Gasteiger partial charge is 0.368 e. The predicted octanol–water partition coefficient (Wildman–Crippen LogP) is 2.26. The average Bonchev–Trinajstić information content (AvgIpc) is 2.48. The molecular weight excluding hydrogens is 276 g/mol. The highest BCUT2D eigenvalue weighted by Gasteiger charge is 2.40. The number of carbonyl (C=O) groups is 1. The van der Waals surface area contributed by atoms with Crippen molar-refractivity contribution in [1.82, 2.24) is 10.6 Å². The topological polar surface area (TPSA) is 50.4 Å². The van der Waals surface area contributed by atoms with E-state index in [2.05, 4.69) is 17.6 Å². The molecule has 0 bridgehead atoms. The first-order valence-electron chi connectivity index (χ1n) is 7.77. The third-order valence-corrected chi connectivity index (χ3v) is 4.98. The van der Waals surface area contributed by atoms with Gasteiger partial charge in [-0.3, -0.25) is 4.79 Å². The number of methoxy groups -OCH3 is 1. The number of rotatable bonds is 4. The molecule has 118 valence electrons. The fourth-order valence-electron chi connectivity index (χ4n) is 3.39. The molecule has 2 rings (SSSR count). The zero-order valence-electron chi connectivity index (χ0n) is 12.7. The van der Waals surface area contributed by atoms with Crippen LogP contribution in [0.2, 0.25) is 0 Å². The van der Waals surface area contributed by atoms with Crippen LogP contribution in [0.3, 0.4) is 0 Å². The third-order valence-electron chi connectivity index (χ3n) is 4.98. The Morgan fingerprint density at radius 1 is 1.25 bits per heavy atom. The third kappa shape index (κ3) is 4.09. The van der Waals surface area contributed by atoms with E-state index in [1.807, 2.05) is 0 Å². The Bertz CT molecular complexity index is 298. The second-order valence-electron chi connectivity index (χ2n) is 6.05. The van der Waals surface area contributed by atoms with Gasteiger partial charge in [-0.25, -0.2) is 0 Å². The van der Waals surface area contributed by atoms with Crippen LogP contribution in [0.1, 0.15) is 51.9 Å². The van der Waals surface area contributed by atoms with Crippen molar-refractivity contribution < 1.29 is 9.53 Å². The van der Waals surface area contributed by atoms with Crippen LogP contribution in [-0.2, 0) is 9.53 Å². The Balaban J connectivity index is 0.00000200. The van der Waals surface area contributed by atoms with E-state index in [9.17, 15) is 4.79 Å². The van der Waals surface area contributed by atoms with Gasteiger partial charge in [0.15, 0.2) is 0 Å². The lowest BCUT2D eigenvalue weighted by Gasteiger charge is -2.37. The summed E-state index contributed by atoms with van der Waals surface area (Å²) in [5.41, 5.74) is -0.590. The van der Waals surface area contributed by atoms with Gasteiger partial charge < -0.3 is 15.4 Å². The van der Waals surface area contributed by atoms with Gasteiger partial charge in [-0.15, -0.1) is 12.4 Å². The monoisotopic (exact) mass is 304 g/mol. The Hall–Kier alpha value is -0.320. The first kappa shape index (κ1) is 17.7. The van der Waals surface area contributed by atoms with Crippen LogP contribution in [0.25, 0.3) is 0 Å². The molecule has 2 aliphatic rings. The average molecular weight is 305 g/mol. The molecule has 1 saturated carbocycles. The van der Waals surface area contributed by atoms with E-state index in [4.69, 9.17) is 4.74 Å². The Kier molecular flexibility index (Phi) is 7.27. The fourth-order valence-corrected chi connectivity index (χ4v) is 3.39. The van der Waals surface area contributed by atoms with Crippen LogP contribution in [0, 0.1) is 5.92 Å². The van der Waals surface area contributed by atoms with E-state index < -0.39 is 5.60 Å². The van der Waals surface area contributed by atoms with Gasteiger partial charge in [0.05, 0.1) is 0 Å². The number of carbonyl (C=O) groups excluding carboxylic acids is 1. The lowest BCUT2D eigenvalue weighted by molar-refractivity contribution is -0.147. The molecule has 0 spiro atoms. The second-order valence-corrected chi connectivity index (χ2v) is 6.05. The van der Waals surface area contributed by atoms with Crippen LogP contribution < -0.4 is 10.6 Å². The molecule has 2 N–H and O–H groups in total. The molecule has 4 nitrogen and oxygen atoms in total. The summed E-state index contributed by atoms with van der Waals surface area (Å²) in [6, 6.07) is 0.359. The van der Waals surface area contributed by atoms with Gasteiger partial charge in [0, 0.05) is 13.2 Å². The molecule has 0 atom stereocenters. The van der Waals surface area contributed by atoms with Crippen molar-refractivity contribution in [3.63, 3.8) is 0 Å². The van der Waals surface area contributed by atoms with Crippen LogP contribution in [0.15, 0.2) is 0 Å². The molecule has 20 heavy (non-hydrogen) atoms. The van der Waals surface area contributed by atoms with Gasteiger partial charge in [-0.1, -0.05) is 13.3 Å². The van der Waals surface area contributed by atoms with E-state index in [0.29, 0.717) is 6.04 Å². The van der Waals surface area contributed by atoms with Crippen LogP contribution in [-0.4, -0.2) is 37.7 Å². The molecule has 1 heterocycles. The van der Waals surface area contributed by atoms with Gasteiger partial charge >= 0.3 is 0 Å². The van der Waals surface area contributed by atoms with E-state index in [1.54, 1.807) is 7.11 Å². The van der Waals surface area contributed by atoms with E-state index in [-0.39, 0.29) is 18.3 Å². The molecule has 1 aliphatic carbocycles. The zero-order chi connectivity index (χ0) is 13.7. The van der Waals surface area contributed by atoms with Crippen molar-refractivity contribution in [3.8, 4) is 0 Å². The van der Waals surface area contributed by atoms with Crippen molar-refractivity contribution in [3.05, 3.63) is 0 Å². The smallest absolute Gasteiger partial charge is 0.252 e. The summed E-state index contributed by atoms with van der Waals surface area (Å²) in [6.07, 6.45) is 7.59. The van der Waals surface area contributed by atoms with Crippen molar-refractivity contribution in [2.24, 2.45) is 5.92 Å². The number of hydrogen-bond donors (Lipinski definition) is 2. The van der Waals surface area contributed by atoms with Gasteiger partial charge in [-0.2, -0.15) is 0 Å². The Morgan fingerprint density at radius 2 is 1.85 bits per heavy atom. The van der Waals surface area contributed by atoms with Gasteiger partial charge in [-0.05, 0) is 57.5 Å². The first-order chi connectivity index (χ1) is 9.20. The molecule has 5 heteroatoms. The normalized spacial score (nSPS) is 29.3. The maximum absolute atomic E-state index is 12.5. The Morgan fingerprint density at radius 3 is 2.35 bits per heavy atom. The van der Waals surface area contributed by atoms with E-state index in [0.717, 1.165) is 44.7 Å². The summed E-state index contributed by atoms with van der Waals surface area (Å²) >= 11 is 0. The van der Waals surface area contributed by atoms with Crippen molar-refractivity contribution >= 4 is 18.3 Å². The van der Waals surface area contributed by atoms with Gasteiger partial charge in [0.1, 0.15) is 5.60 Å². The molecule has 1 amide bonds. The van der Waals surface area contributed by atoms with Crippen molar-refractivity contribution in [2.75, 3.05) is 20.2 Å². The minimum Gasteiger partial charge on any atom is -0.368 e. The minimum atomic E-state index is -0.590. The van der Waals surface area contributed by atoms with Gasteiger partial charge in [0.2, 0.25) is 0 Å².